The molecule has 0 saturated carbocycles. The average Bonchev–Trinajstić information content (AvgIpc) is 2.41. The third kappa shape index (κ3) is 3.69. The van der Waals surface area contributed by atoms with Gasteiger partial charge < -0.3 is 5.11 Å². The predicted molar refractivity (Wildman–Crippen MR) is 80.2 cm³/mol. The van der Waals surface area contributed by atoms with Crippen molar-refractivity contribution >= 4 is 39.2 Å². The maximum Gasteiger partial charge on any atom is 0.304 e. The fourth-order valence-electron chi connectivity index (χ4n) is 2.47. The molecule has 116 valence electrons. The number of benzene rings is 1. The first-order valence-corrected chi connectivity index (χ1v) is 8.70. The Morgan fingerprint density at radius 1 is 1.29 bits per heavy atom. The minimum absolute atomic E-state index is 0.0363. The molecule has 0 aromatic heterocycles. The lowest BCUT2D eigenvalue weighted by Gasteiger charge is -2.33. The Bertz CT molecular complexity index is 648. The van der Waals surface area contributed by atoms with E-state index < -0.39 is 22.0 Å². The normalized spacial score (nSPS) is 20.4. The molecule has 1 N–H and O–H groups in total. The molecular weight excluding hydrogens is 337 g/mol. The topological polar surface area (TPSA) is 74.7 Å². The average molecular weight is 352 g/mol. The number of halogens is 2. The number of hydrogen-bond donors (Lipinski definition) is 1. The number of carboxylic acid groups (broad SMARTS) is 1. The Morgan fingerprint density at radius 3 is 2.62 bits per heavy atom. The molecule has 0 bridgehead atoms. The van der Waals surface area contributed by atoms with E-state index in [1.807, 2.05) is 0 Å². The smallest absolute Gasteiger partial charge is 0.304 e. The van der Waals surface area contributed by atoms with Crippen LogP contribution >= 0.6 is 23.2 Å². The number of sulfonamides is 1. The van der Waals surface area contributed by atoms with Crippen LogP contribution in [0.5, 0.6) is 0 Å². The number of rotatable bonds is 4. The molecule has 0 aliphatic carbocycles. The SMILES string of the molecule is O=C(O)CC1CCCCN1S(=O)(=O)c1ccc(Cl)c(Cl)c1. The van der Waals surface area contributed by atoms with E-state index in [-0.39, 0.29) is 21.4 Å². The Kier molecular flexibility index (Phi) is 5.14. The van der Waals surface area contributed by atoms with Crippen molar-refractivity contribution in [2.24, 2.45) is 0 Å². The van der Waals surface area contributed by atoms with Crippen molar-refractivity contribution in [3.8, 4) is 0 Å². The molecule has 8 heteroatoms. The van der Waals surface area contributed by atoms with Gasteiger partial charge in [-0.3, -0.25) is 4.79 Å². The molecule has 1 heterocycles. The number of hydrogen-bond acceptors (Lipinski definition) is 3. The van der Waals surface area contributed by atoms with Gasteiger partial charge in [-0.2, -0.15) is 4.31 Å². The lowest BCUT2D eigenvalue weighted by Crippen LogP contribution is -2.44. The van der Waals surface area contributed by atoms with Crippen LogP contribution in [0.4, 0.5) is 0 Å². The Labute approximate surface area is 133 Å². The van der Waals surface area contributed by atoms with E-state index in [0.717, 1.165) is 12.8 Å². The van der Waals surface area contributed by atoms with E-state index in [4.69, 9.17) is 28.3 Å². The van der Waals surface area contributed by atoms with Crippen molar-refractivity contribution in [3.63, 3.8) is 0 Å². The second-order valence-corrected chi connectivity index (χ2v) is 7.64. The van der Waals surface area contributed by atoms with Crippen molar-refractivity contribution < 1.29 is 18.3 Å². The van der Waals surface area contributed by atoms with Crippen LogP contribution < -0.4 is 0 Å². The van der Waals surface area contributed by atoms with Gasteiger partial charge in [0.2, 0.25) is 10.0 Å². The van der Waals surface area contributed by atoms with Crippen LogP contribution in [0.15, 0.2) is 23.1 Å². The molecule has 2 rings (SSSR count). The van der Waals surface area contributed by atoms with Crippen LogP contribution in [0.1, 0.15) is 25.7 Å². The fourth-order valence-corrected chi connectivity index (χ4v) is 4.55. The first-order chi connectivity index (χ1) is 9.82. The number of nitrogens with zero attached hydrogens (tertiary/aromatic N) is 1. The third-order valence-corrected chi connectivity index (χ3v) is 6.17. The first-order valence-electron chi connectivity index (χ1n) is 6.51. The van der Waals surface area contributed by atoms with Gasteiger partial charge in [0.25, 0.3) is 0 Å². The highest BCUT2D eigenvalue weighted by atomic mass is 35.5. The van der Waals surface area contributed by atoms with Gasteiger partial charge in [-0.15, -0.1) is 0 Å². The minimum atomic E-state index is -3.77. The van der Waals surface area contributed by atoms with E-state index >= 15 is 0 Å². The number of piperidine rings is 1. The van der Waals surface area contributed by atoms with E-state index in [2.05, 4.69) is 0 Å². The second kappa shape index (κ2) is 6.52. The largest absolute Gasteiger partial charge is 0.481 e. The number of carboxylic acids is 1. The van der Waals surface area contributed by atoms with Crippen LogP contribution in [0.3, 0.4) is 0 Å². The van der Waals surface area contributed by atoms with Gasteiger partial charge in [0.05, 0.1) is 21.4 Å². The zero-order valence-corrected chi connectivity index (χ0v) is 13.5. The van der Waals surface area contributed by atoms with E-state index in [1.54, 1.807) is 0 Å². The predicted octanol–water partition coefficient (Wildman–Crippen LogP) is 3.01. The molecule has 1 aliphatic heterocycles. The highest BCUT2D eigenvalue weighted by molar-refractivity contribution is 7.89. The molecule has 1 aromatic rings. The quantitative estimate of drug-likeness (QED) is 0.904. The molecule has 0 spiro atoms. The molecule has 1 atom stereocenters. The van der Waals surface area contributed by atoms with Crippen LogP contribution in [-0.2, 0) is 14.8 Å². The van der Waals surface area contributed by atoms with E-state index in [1.165, 1.54) is 22.5 Å². The maximum atomic E-state index is 12.7. The molecule has 1 fully saturated rings. The molecule has 1 aromatic carbocycles. The Morgan fingerprint density at radius 2 is 2.00 bits per heavy atom. The van der Waals surface area contributed by atoms with Gasteiger partial charge in [-0.25, -0.2) is 8.42 Å². The van der Waals surface area contributed by atoms with E-state index in [9.17, 15) is 13.2 Å². The van der Waals surface area contributed by atoms with Gasteiger partial charge in [0, 0.05) is 12.6 Å². The summed E-state index contributed by atoms with van der Waals surface area (Å²) in [7, 11) is -3.77. The van der Waals surface area contributed by atoms with Crippen molar-refractivity contribution in [2.75, 3.05) is 6.54 Å². The van der Waals surface area contributed by atoms with Crippen molar-refractivity contribution in [1.29, 1.82) is 0 Å². The molecule has 1 aliphatic rings. The molecule has 1 unspecified atom stereocenters. The number of carbonyl (C=O) groups is 1. The summed E-state index contributed by atoms with van der Waals surface area (Å²) in [5, 5.41) is 9.37. The summed E-state index contributed by atoms with van der Waals surface area (Å²) < 4.78 is 26.6. The van der Waals surface area contributed by atoms with Gasteiger partial charge in [-0.05, 0) is 31.0 Å². The number of aliphatic carboxylic acids is 1. The third-order valence-electron chi connectivity index (χ3n) is 3.48. The van der Waals surface area contributed by atoms with Crippen LogP contribution in [0.2, 0.25) is 10.0 Å². The summed E-state index contributed by atoms with van der Waals surface area (Å²) in [6.45, 7) is 0.320. The molecule has 1 saturated heterocycles. The molecule has 5 nitrogen and oxygen atoms in total. The lowest BCUT2D eigenvalue weighted by molar-refractivity contribution is -0.138. The van der Waals surface area contributed by atoms with Gasteiger partial charge in [0.15, 0.2) is 0 Å². The zero-order valence-electron chi connectivity index (χ0n) is 11.1. The zero-order chi connectivity index (χ0) is 15.6. The van der Waals surface area contributed by atoms with Crippen LogP contribution in [0, 0.1) is 0 Å². The summed E-state index contributed by atoms with van der Waals surface area (Å²) in [6, 6.07) is 3.59. The Hall–Kier alpha value is -0.820. The molecular formula is C13H15Cl2NO4S. The first kappa shape index (κ1) is 16.5. The summed E-state index contributed by atoms with van der Waals surface area (Å²) in [5.74, 6) is -1.00. The summed E-state index contributed by atoms with van der Waals surface area (Å²) in [5.41, 5.74) is 0. The highest BCUT2D eigenvalue weighted by Gasteiger charge is 2.34. The van der Waals surface area contributed by atoms with Gasteiger partial charge in [0.1, 0.15) is 0 Å². The molecule has 0 radical (unpaired) electrons. The monoisotopic (exact) mass is 351 g/mol. The highest BCUT2D eigenvalue weighted by Crippen LogP contribution is 2.30. The molecule has 0 amide bonds. The second-order valence-electron chi connectivity index (χ2n) is 4.94. The van der Waals surface area contributed by atoms with Crippen molar-refractivity contribution in [2.45, 2.75) is 36.6 Å². The van der Waals surface area contributed by atoms with E-state index in [0.29, 0.717) is 13.0 Å². The minimum Gasteiger partial charge on any atom is -0.481 e. The van der Waals surface area contributed by atoms with Crippen molar-refractivity contribution in [3.05, 3.63) is 28.2 Å². The van der Waals surface area contributed by atoms with Crippen molar-refractivity contribution in [1.82, 2.24) is 4.31 Å². The fraction of sp³-hybridized carbons (Fsp3) is 0.462. The van der Waals surface area contributed by atoms with Gasteiger partial charge >= 0.3 is 5.97 Å². The van der Waals surface area contributed by atoms with Crippen LogP contribution in [-0.4, -0.2) is 36.4 Å². The summed E-state index contributed by atoms with van der Waals surface area (Å²) >= 11 is 11.7. The lowest BCUT2D eigenvalue weighted by atomic mass is 10.0. The summed E-state index contributed by atoms with van der Waals surface area (Å²) in [4.78, 5) is 11.0. The van der Waals surface area contributed by atoms with Crippen LogP contribution in [0.25, 0.3) is 0 Å². The summed E-state index contributed by atoms with van der Waals surface area (Å²) in [6.07, 6.45) is 1.90. The standard InChI is InChI=1S/C13H15Cl2NO4S/c14-11-5-4-10(8-12(11)15)21(19,20)16-6-2-1-3-9(16)7-13(17)18/h4-5,8-9H,1-3,6-7H2,(H,17,18). The Balaban J connectivity index is 2.35. The molecule has 21 heavy (non-hydrogen) atoms. The van der Waals surface area contributed by atoms with Gasteiger partial charge in [-0.1, -0.05) is 29.6 Å². The maximum absolute atomic E-state index is 12.7.